The SMILES string of the molecule is CC(C)CCNC(=O)CN1CCCC(C(=O)NCCN)C1. The molecule has 0 radical (unpaired) electrons. The molecule has 0 spiro atoms. The highest BCUT2D eigenvalue weighted by molar-refractivity contribution is 5.80. The number of nitrogens with two attached hydrogens (primary N) is 1. The molecule has 1 heterocycles. The van der Waals surface area contributed by atoms with Crippen LogP contribution in [0.2, 0.25) is 0 Å². The summed E-state index contributed by atoms with van der Waals surface area (Å²) in [5, 5.41) is 5.77. The first-order valence-corrected chi connectivity index (χ1v) is 7.99. The van der Waals surface area contributed by atoms with E-state index in [4.69, 9.17) is 5.73 Å². The van der Waals surface area contributed by atoms with Gasteiger partial charge in [-0.25, -0.2) is 0 Å². The molecule has 1 rings (SSSR count). The summed E-state index contributed by atoms with van der Waals surface area (Å²) >= 11 is 0. The van der Waals surface area contributed by atoms with Crippen molar-refractivity contribution in [3.05, 3.63) is 0 Å². The Labute approximate surface area is 127 Å². The van der Waals surface area contributed by atoms with Gasteiger partial charge in [-0.2, -0.15) is 0 Å². The van der Waals surface area contributed by atoms with E-state index in [1.165, 1.54) is 0 Å². The van der Waals surface area contributed by atoms with Crippen molar-refractivity contribution in [3.63, 3.8) is 0 Å². The minimum absolute atomic E-state index is 0.0197. The van der Waals surface area contributed by atoms with E-state index < -0.39 is 0 Å². The summed E-state index contributed by atoms with van der Waals surface area (Å²) in [6.07, 6.45) is 2.84. The smallest absolute Gasteiger partial charge is 0.234 e. The van der Waals surface area contributed by atoms with Crippen LogP contribution in [-0.2, 0) is 9.59 Å². The Morgan fingerprint density at radius 2 is 2.05 bits per heavy atom. The molecule has 6 heteroatoms. The molecular weight excluding hydrogens is 268 g/mol. The number of carbonyl (C=O) groups is 2. The molecular formula is C15H30N4O2. The molecule has 0 aromatic carbocycles. The van der Waals surface area contributed by atoms with E-state index in [2.05, 4.69) is 29.4 Å². The van der Waals surface area contributed by atoms with Crippen molar-refractivity contribution in [3.8, 4) is 0 Å². The van der Waals surface area contributed by atoms with Crippen LogP contribution in [0, 0.1) is 11.8 Å². The first-order chi connectivity index (χ1) is 10.0. The maximum Gasteiger partial charge on any atom is 0.234 e. The molecule has 4 N–H and O–H groups in total. The molecule has 21 heavy (non-hydrogen) atoms. The van der Waals surface area contributed by atoms with Crippen LogP contribution in [-0.4, -0.2) is 56.0 Å². The van der Waals surface area contributed by atoms with Crippen LogP contribution in [0.25, 0.3) is 0 Å². The standard InChI is InChI=1S/C15H30N4O2/c1-12(2)5-7-17-14(20)11-19-9-3-4-13(10-19)15(21)18-8-6-16/h12-13H,3-11,16H2,1-2H3,(H,17,20)(H,18,21). The van der Waals surface area contributed by atoms with Crippen molar-refractivity contribution in [2.45, 2.75) is 33.1 Å². The molecule has 1 unspecified atom stereocenters. The number of carbonyl (C=O) groups excluding carboxylic acids is 2. The summed E-state index contributed by atoms with van der Waals surface area (Å²) < 4.78 is 0. The number of amides is 2. The predicted octanol–water partition coefficient (Wildman–Crippen LogP) is -0.0644. The second kappa shape index (κ2) is 9.73. The zero-order valence-corrected chi connectivity index (χ0v) is 13.4. The maximum atomic E-state index is 11.9. The Morgan fingerprint density at radius 3 is 2.71 bits per heavy atom. The fourth-order valence-corrected chi connectivity index (χ4v) is 2.51. The van der Waals surface area contributed by atoms with Crippen molar-refractivity contribution in [2.75, 3.05) is 39.3 Å². The molecule has 0 saturated carbocycles. The zero-order valence-electron chi connectivity index (χ0n) is 13.4. The van der Waals surface area contributed by atoms with Crippen LogP contribution in [0.4, 0.5) is 0 Å². The Kier molecular flexibility index (Phi) is 8.30. The summed E-state index contributed by atoms with van der Waals surface area (Å²) in [4.78, 5) is 25.9. The largest absolute Gasteiger partial charge is 0.355 e. The number of rotatable bonds is 8. The van der Waals surface area contributed by atoms with Gasteiger partial charge in [-0.3, -0.25) is 14.5 Å². The van der Waals surface area contributed by atoms with Crippen LogP contribution in [0.15, 0.2) is 0 Å². The lowest BCUT2D eigenvalue weighted by Gasteiger charge is -2.31. The molecule has 6 nitrogen and oxygen atoms in total. The molecule has 1 saturated heterocycles. The van der Waals surface area contributed by atoms with Gasteiger partial charge in [0.05, 0.1) is 12.5 Å². The van der Waals surface area contributed by atoms with E-state index >= 15 is 0 Å². The summed E-state index contributed by atoms with van der Waals surface area (Å²) in [6.45, 7) is 7.92. The van der Waals surface area contributed by atoms with Gasteiger partial charge in [0.15, 0.2) is 0 Å². The fourth-order valence-electron chi connectivity index (χ4n) is 2.51. The van der Waals surface area contributed by atoms with E-state index in [0.29, 0.717) is 32.1 Å². The Hall–Kier alpha value is -1.14. The average Bonchev–Trinajstić information content (AvgIpc) is 2.44. The molecule has 122 valence electrons. The molecule has 2 amide bonds. The van der Waals surface area contributed by atoms with Crippen molar-refractivity contribution in [1.82, 2.24) is 15.5 Å². The average molecular weight is 298 g/mol. The van der Waals surface area contributed by atoms with Gasteiger partial charge in [0, 0.05) is 26.2 Å². The minimum Gasteiger partial charge on any atom is -0.355 e. The number of likely N-dealkylation sites (tertiary alicyclic amines) is 1. The van der Waals surface area contributed by atoms with Gasteiger partial charge in [0.25, 0.3) is 0 Å². The van der Waals surface area contributed by atoms with Gasteiger partial charge in [-0.1, -0.05) is 13.8 Å². The molecule has 1 aliphatic heterocycles. The highest BCUT2D eigenvalue weighted by Gasteiger charge is 2.26. The van der Waals surface area contributed by atoms with Crippen molar-refractivity contribution in [2.24, 2.45) is 17.6 Å². The van der Waals surface area contributed by atoms with Gasteiger partial charge in [-0.15, -0.1) is 0 Å². The molecule has 0 aromatic rings. The van der Waals surface area contributed by atoms with E-state index in [9.17, 15) is 9.59 Å². The van der Waals surface area contributed by atoms with E-state index in [1.54, 1.807) is 0 Å². The third-order valence-electron chi connectivity index (χ3n) is 3.73. The van der Waals surface area contributed by atoms with Crippen LogP contribution in [0.3, 0.4) is 0 Å². The summed E-state index contributed by atoms with van der Waals surface area (Å²) in [7, 11) is 0. The van der Waals surface area contributed by atoms with Crippen LogP contribution in [0.1, 0.15) is 33.1 Å². The minimum atomic E-state index is -0.0197. The second-order valence-corrected chi connectivity index (χ2v) is 6.19. The lowest BCUT2D eigenvalue weighted by Crippen LogP contribution is -2.47. The zero-order chi connectivity index (χ0) is 15.7. The highest BCUT2D eigenvalue weighted by atomic mass is 16.2. The number of nitrogens with one attached hydrogen (secondary N) is 2. The first-order valence-electron chi connectivity index (χ1n) is 7.99. The Morgan fingerprint density at radius 1 is 1.29 bits per heavy atom. The summed E-state index contributed by atoms with van der Waals surface area (Å²) in [5.41, 5.74) is 5.39. The number of piperidine rings is 1. The lowest BCUT2D eigenvalue weighted by atomic mass is 9.97. The van der Waals surface area contributed by atoms with E-state index in [1.807, 2.05) is 0 Å². The van der Waals surface area contributed by atoms with Gasteiger partial charge in [-0.05, 0) is 31.7 Å². The second-order valence-electron chi connectivity index (χ2n) is 6.19. The van der Waals surface area contributed by atoms with Crippen LogP contribution < -0.4 is 16.4 Å². The van der Waals surface area contributed by atoms with Gasteiger partial charge in [0.1, 0.15) is 0 Å². The number of hydrogen-bond acceptors (Lipinski definition) is 4. The Balaban J connectivity index is 2.28. The van der Waals surface area contributed by atoms with Gasteiger partial charge < -0.3 is 16.4 Å². The van der Waals surface area contributed by atoms with Crippen molar-refractivity contribution >= 4 is 11.8 Å². The summed E-state index contributed by atoms with van der Waals surface area (Å²) in [6, 6.07) is 0. The Bertz CT molecular complexity index is 334. The predicted molar refractivity (Wildman–Crippen MR) is 83.7 cm³/mol. The van der Waals surface area contributed by atoms with E-state index in [-0.39, 0.29) is 17.7 Å². The fraction of sp³-hybridized carbons (Fsp3) is 0.867. The molecule has 1 atom stereocenters. The molecule has 1 aliphatic rings. The molecule has 0 bridgehead atoms. The first kappa shape index (κ1) is 17.9. The molecule has 0 aromatic heterocycles. The van der Waals surface area contributed by atoms with Gasteiger partial charge in [0.2, 0.25) is 11.8 Å². The summed E-state index contributed by atoms with van der Waals surface area (Å²) in [5.74, 6) is 0.689. The maximum absolute atomic E-state index is 11.9. The molecule has 0 aliphatic carbocycles. The van der Waals surface area contributed by atoms with E-state index in [0.717, 1.165) is 32.4 Å². The van der Waals surface area contributed by atoms with Crippen LogP contribution >= 0.6 is 0 Å². The molecule has 1 fully saturated rings. The third-order valence-corrected chi connectivity index (χ3v) is 3.73. The number of hydrogen-bond donors (Lipinski definition) is 3. The monoisotopic (exact) mass is 298 g/mol. The normalized spacial score (nSPS) is 19.5. The third kappa shape index (κ3) is 7.43. The quantitative estimate of drug-likeness (QED) is 0.586. The highest BCUT2D eigenvalue weighted by Crippen LogP contribution is 2.16. The van der Waals surface area contributed by atoms with Crippen molar-refractivity contribution in [1.29, 1.82) is 0 Å². The van der Waals surface area contributed by atoms with Crippen LogP contribution in [0.5, 0.6) is 0 Å². The van der Waals surface area contributed by atoms with Crippen molar-refractivity contribution < 1.29 is 9.59 Å². The number of nitrogens with zero attached hydrogens (tertiary/aromatic N) is 1. The van der Waals surface area contributed by atoms with Gasteiger partial charge >= 0.3 is 0 Å². The topological polar surface area (TPSA) is 87.5 Å². The lowest BCUT2D eigenvalue weighted by molar-refractivity contribution is -0.128.